The van der Waals surface area contributed by atoms with Crippen molar-refractivity contribution in [3.05, 3.63) is 0 Å². The third-order valence-corrected chi connectivity index (χ3v) is 2.92. The Kier molecular flexibility index (Phi) is 17.0. The highest BCUT2D eigenvalue weighted by molar-refractivity contribution is 5.66. The second kappa shape index (κ2) is 16.0. The van der Waals surface area contributed by atoms with Crippen LogP contribution in [-0.2, 0) is 9.59 Å². The quantitative estimate of drug-likeness (QED) is 0.539. The molecule has 2 N–H and O–H groups in total. The smallest absolute Gasteiger partial charge is 0.303 e. The first kappa shape index (κ1) is 21.2. The standard InChI is InChI=1S/2C8H16O2/c1-7(2)5-3-4-6-8(9)10;1-2-3-4-5-6-7-8(9)10/h7H,3-6H2,1-2H3,(H,9,10);2-7H2,1H3,(H,9,10). The fourth-order valence-electron chi connectivity index (χ4n) is 1.71. The molecular weight excluding hydrogens is 256 g/mol. The number of carbonyl (C=O) groups is 2. The Morgan fingerprint density at radius 2 is 1.25 bits per heavy atom. The van der Waals surface area contributed by atoms with Crippen LogP contribution >= 0.6 is 0 Å². The van der Waals surface area contributed by atoms with Crippen LogP contribution in [0.2, 0.25) is 0 Å². The van der Waals surface area contributed by atoms with Gasteiger partial charge in [-0.1, -0.05) is 59.3 Å². The molecule has 0 bridgehead atoms. The van der Waals surface area contributed by atoms with Crippen LogP contribution in [0.25, 0.3) is 0 Å². The van der Waals surface area contributed by atoms with Crippen molar-refractivity contribution in [2.24, 2.45) is 5.92 Å². The van der Waals surface area contributed by atoms with E-state index in [0.717, 1.165) is 32.1 Å². The van der Waals surface area contributed by atoms with Gasteiger partial charge < -0.3 is 10.2 Å². The predicted molar refractivity (Wildman–Crippen MR) is 82.0 cm³/mol. The summed E-state index contributed by atoms with van der Waals surface area (Å²) in [5.41, 5.74) is 0. The van der Waals surface area contributed by atoms with E-state index in [1.165, 1.54) is 19.3 Å². The summed E-state index contributed by atoms with van der Waals surface area (Å²) in [5.74, 6) is -0.644. The first-order valence-corrected chi connectivity index (χ1v) is 7.83. The molecule has 0 saturated heterocycles. The van der Waals surface area contributed by atoms with Gasteiger partial charge in [0.2, 0.25) is 0 Å². The van der Waals surface area contributed by atoms with Crippen LogP contribution in [0.1, 0.15) is 85.0 Å². The highest BCUT2D eigenvalue weighted by atomic mass is 16.4. The van der Waals surface area contributed by atoms with Crippen molar-refractivity contribution >= 4 is 11.9 Å². The number of hydrogen-bond acceptors (Lipinski definition) is 2. The molecule has 120 valence electrons. The monoisotopic (exact) mass is 288 g/mol. The Balaban J connectivity index is 0. The molecule has 0 radical (unpaired) electrons. The maximum Gasteiger partial charge on any atom is 0.303 e. The molecule has 0 rings (SSSR count). The average molecular weight is 288 g/mol. The van der Waals surface area contributed by atoms with Gasteiger partial charge in [0.15, 0.2) is 0 Å². The number of rotatable bonds is 11. The molecule has 0 aliphatic carbocycles. The molecule has 0 aliphatic rings. The Labute approximate surface area is 123 Å². The lowest BCUT2D eigenvalue weighted by molar-refractivity contribution is -0.138. The third kappa shape index (κ3) is 25.7. The topological polar surface area (TPSA) is 74.6 Å². The van der Waals surface area contributed by atoms with Crippen molar-refractivity contribution in [2.75, 3.05) is 0 Å². The van der Waals surface area contributed by atoms with E-state index in [9.17, 15) is 9.59 Å². The summed E-state index contributed by atoms with van der Waals surface area (Å²) >= 11 is 0. The van der Waals surface area contributed by atoms with E-state index >= 15 is 0 Å². The van der Waals surface area contributed by atoms with Crippen molar-refractivity contribution in [1.29, 1.82) is 0 Å². The Morgan fingerprint density at radius 1 is 0.800 bits per heavy atom. The zero-order valence-electron chi connectivity index (χ0n) is 13.4. The van der Waals surface area contributed by atoms with Crippen LogP contribution in [0, 0.1) is 5.92 Å². The molecule has 0 fully saturated rings. The van der Waals surface area contributed by atoms with Gasteiger partial charge in [0.25, 0.3) is 0 Å². The zero-order valence-corrected chi connectivity index (χ0v) is 13.4. The summed E-state index contributed by atoms with van der Waals surface area (Å²) in [4.78, 5) is 20.1. The first-order valence-electron chi connectivity index (χ1n) is 7.83. The van der Waals surface area contributed by atoms with E-state index < -0.39 is 11.9 Å². The zero-order chi connectivity index (χ0) is 15.8. The molecule has 0 aliphatic heterocycles. The van der Waals surface area contributed by atoms with Gasteiger partial charge in [-0.15, -0.1) is 0 Å². The summed E-state index contributed by atoms with van der Waals surface area (Å²) < 4.78 is 0. The fourth-order valence-corrected chi connectivity index (χ4v) is 1.71. The molecular formula is C16H32O4. The molecule has 0 aromatic rings. The Hall–Kier alpha value is -1.06. The molecule has 0 atom stereocenters. The van der Waals surface area contributed by atoms with Crippen molar-refractivity contribution < 1.29 is 19.8 Å². The molecule has 0 saturated carbocycles. The van der Waals surface area contributed by atoms with Crippen molar-refractivity contribution in [2.45, 2.75) is 85.0 Å². The Morgan fingerprint density at radius 3 is 1.65 bits per heavy atom. The number of hydrogen-bond donors (Lipinski definition) is 2. The molecule has 20 heavy (non-hydrogen) atoms. The lowest BCUT2D eigenvalue weighted by Crippen LogP contribution is -1.94. The summed E-state index contributed by atoms with van der Waals surface area (Å²) in [6.07, 6.45) is 9.23. The van der Waals surface area contributed by atoms with Gasteiger partial charge in [-0.2, -0.15) is 0 Å². The summed E-state index contributed by atoms with van der Waals surface area (Å²) in [5, 5.41) is 16.5. The second-order valence-electron chi connectivity index (χ2n) is 5.59. The van der Waals surface area contributed by atoms with Gasteiger partial charge in [0.05, 0.1) is 0 Å². The number of aliphatic carboxylic acids is 2. The van der Waals surface area contributed by atoms with Crippen molar-refractivity contribution in [3.63, 3.8) is 0 Å². The fraction of sp³-hybridized carbons (Fsp3) is 0.875. The van der Waals surface area contributed by atoms with E-state index in [1.807, 2.05) is 0 Å². The first-order chi connectivity index (χ1) is 9.40. The van der Waals surface area contributed by atoms with E-state index in [0.29, 0.717) is 18.8 Å². The molecule has 0 aromatic heterocycles. The van der Waals surface area contributed by atoms with E-state index in [-0.39, 0.29) is 0 Å². The van der Waals surface area contributed by atoms with Crippen LogP contribution in [0.3, 0.4) is 0 Å². The Bertz CT molecular complexity index is 237. The summed E-state index contributed by atoms with van der Waals surface area (Å²) in [6, 6.07) is 0. The summed E-state index contributed by atoms with van der Waals surface area (Å²) in [7, 11) is 0. The van der Waals surface area contributed by atoms with Gasteiger partial charge in [-0.05, 0) is 18.8 Å². The molecule has 0 spiro atoms. The third-order valence-electron chi connectivity index (χ3n) is 2.92. The van der Waals surface area contributed by atoms with Crippen molar-refractivity contribution in [3.8, 4) is 0 Å². The largest absolute Gasteiger partial charge is 0.481 e. The van der Waals surface area contributed by atoms with Gasteiger partial charge in [-0.3, -0.25) is 9.59 Å². The van der Waals surface area contributed by atoms with E-state index in [4.69, 9.17) is 10.2 Å². The lowest BCUT2D eigenvalue weighted by Gasteiger charge is -2.01. The minimum Gasteiger partial charge on any atom is -0.481 e. The average Bonchev–Trinajstić information content (AvgIpc) is 2.34. The van der Waals surface area contributed by atoms with Gasteiger partial charge >= 0.3 is 11.9 Å². The number of unbranched alkanes of at least 4 members (excludes halogenated alkanes) is 5. The second-order valence-corrected chi connectivity index (χ2v) is 5.59. The maximum atomic E-state index is 10.0. The maximum absolute atomic E-state index is 10.0. The lowest BCUT2D eigenvalue weighted by atomic mass is 10.1. The minimum atomic E-state index is -0.677. The van der Waals surface area contributed by atoms with Gasteiger partial charge in [0, 0.05) is 12.8 Å². The van der Waals surface area contributed by atoms with Crippen LogP contribution < -0.4 is 0 Å². The van der Waals surface area contributed by atoms with Crippen molar-refractivity contribution in [1.82, 2.24) is 0 Å². The van der Waals surface area contributed by atoms with E-state index in [1.54, 1.807) is 0 Å². The number of carboxylic acids is 2. The molecule has 4 nitrogen and oxygen atoms in total. The van der Waals surface area contributed by atoms with Crippen LogP contribution in [0.5, 0.6) is 0 Å². The molecule has 0 amide bonds. The highest BCUT2D eigenvalue weighted by Gasteiger charge is 1.97. The van der Waals surface area contributed by atoms with Gasteiger partial charge in [-0.25, -0.2) is 0 Å². The predicted octanol–water partition coefficient (Wildman–Crippen LogP) is 4.72. The molecule has 0 heterocycles. The van der Waals surface area contributed by atoms with Crippen LogP contribution in [0.4, 0.5) is 0 Å². The molecule has 4 heteroatoms. The number of carboxylic acid groups (broad SMARTS) is 2. The SMILES string of the molecule is CC(C)CCCCC(=O)O.CCCCCCCC(=O)O. The van der Waals surface area contributed by atoms with Crippen LogP contribution in [0.15, 0.2) is 0 Å². The van der Waals surface area contributed by atoms with E-state index in [2.05, 4.69) is 20.8 Å². The highest BCUT2D eigenvalue weighted by Crippen LogP contribution is 2.07. The minimum absolute atomic E-state index is 0.326. The molecule has 0 aromatic carbocycles. The summed E-state index contributed by atoms with van der Waals surface area (Å²) in [6.45, 7) is 6.46. The normalized spacial score (nSPS) is 10.0. The van der Waals surface area contributed by atoms with Gasteiger partial charge in [0.1, 0.15) is 0 Å². The van der Waals surface area contributed by atoms with Crippen LogP contribution in [-0.4, -0.2) is 22.2 Å². The molecule has 0 unspecified atom stereocenters.